The van der Waals surface area contributed by atoms with Gasteiger partial charge < -0.3 is 23.8 Å². The number of rotatable bonds is 6. The Morgan fingerprint density at radius 1 is 0.960 bits per heavy atom. The van der Waals surface area contributed by atoms with Crippen molar-refractivity contribution in [1.29, 1.82) is 0 Å². The maximum atomic E-state index is 11.8. The second kappa shape index (κ2) is 8.71. The molecule has 0 aliphatic carbocycles. The van der Waals surface area contributed by atoms with E-state index in [4.69, 9.17) is 13.9 Å². The number of fused-ring (bicyclic) bond motifs is 1. The molecule has 0 radical (unpaired) electrons. The summed E-state index contributed by atoms with van der Waals surface area (Å²) < 4.78 is 16.2. The van der Waals surface area contributed by atoms with Crippen LogP contribution in [0.3, 0.4) is 0 Å². The van der Waals surface area contributed by atoms with E-state index >= 15 is 0 Å². The molecule has 0 unspecified atom stereocenters. The van der Waals surface area contributed by atoms with E-state index in [0.29, 0.717) is 12.4 Å². The minimum absolute atomic E-state index is 0. The Kier molecular flexibility index (Phi) is 6.64. The minimum Gasteiger partial charge on any atom is -0.542 e. The summed E-state index contributed by atoms with van der Waals surface area (Å²) in [5, 5.41) is 11.1. The first-order valence-corrected chi connectivity index (χ1v) is 7.23. The van der Waals surface area contributed by atoms with Crippen molar-refractivity contribution in [3.05, 3.63) is 70.6 Å². The predicted octanol–water partition coefficient (Wildman–Crippen LogP) is -1.38. The van der Waals surface area contributed by atoms with Crippen molar-refractivity contribution >= 4 is 16.9 Å². The molecule has 25 heavy (non-hydrogen) atoms. The Balaban J connectivity index is 0.00000225. The summed E-state index contributed by atoms with van der Waals surface area (Å²) >= 11 is 0. The molecule has 3 rings (SSSR count). The number of hydrogen-bond acceptors (Lipinski definition) is 6. The van der Waals surface area contributed by atoms with Gasteiger partial charge in [-0.1, -0.05) is 18.2 Å². The van der Waals surface area contributed by atoms with Crippen molar-refractivity contribution in [1.82, 2.24) is 0 Å². The van der Waals surface area contributed by atoms with Crippen LogP contribution in [-0.4, -0.2) is 19.2 Å². The van der Waals surface area contributed by atoms with Crippen LogP contribution < -0.4 is 49.6 Å². The van der Waals surface area contributed by atoms with E-state index in [0.717, 1.165) is 11.8 Å². The molecule has 3 aromatic rings. The molecule has 0 N–H and O–H groups in total. The average Bonchev–Trinajstić information content (AvgIpc) is 2.59. The maximum absolute atomic E-state index is 11.8. The molecule has 122 valence electrons. The average molecular weight is 348 g/mol. The molecule has 1 heterocycles. The Morgan fingerprint density at radius 3 is 2.32 bits per heavy atom. The van der Waals surface area contributed by atoms with Gasteiger partial charge in [-0.3, -0.25) is 4.79 Å². The summed E-state index contributed by atoms with van der Waals surface area (Å²) in [6.07, 6.45) is 0. The van der Waals surface area contributed by atoms with Crippen molar-refractivity contribution in [2.75, 3.05) is 13.2 Å². The van der Waals surface area contributed by atoms with Crippen molar-refractivity contribution < 1.29 is 53.3 Å². The monoisotopic (exact) mass is 348 g/mol. The zero-order chi connectivity index (χ0) is 16.9. The van der Waals surface area contributed by atoms with Crippen LogP contribution in [0.4, 0.5) is 0 Å². The zero-order valence-electron chi connectivity index (χ0n) is 13.6. The van der Waals surface area contributed by atoms with Gasteiger partial charge in [-0.25, -0.2) is 0 Å². The van der Waals surface area contributed by atoms with Crippen LogP contribution >= 0.6 is 0 Å². The van der Waals surface area contributed by atoms with Crippen LogP contribution in [0.1, 0.15) is 10.6 Å². The van der Waals surface area contributed by atoms with Crippen molar-refractivity contribution in [2.45, 2.75) is 0 Å². The third-order valence-electron chi connectivity index (χ3n) is 3.27. The molecule has 0 saturated heterocycles. The molecule has 6 nitrogen and oxygen atoms in total. The van der Waals surface area contributed by atoms with Gasteiger partial charge in [0.1, 0.15) is 36.3 Å². The van der Waals surface area contributed by atoms with E-state index in [1.165, 1.54) is 12.1 Å². The number of carboxylic acids is 1. The summed E-state index contributed by atoms with van der Waals surface area (Å²) in [4.78, 5) is 22.7. The first-order valence-electron chi connectivity index (χ1n) is 7.23. The topological polar surface area (TPSA) is 88.8 Å². The van der Waals surface area contributed by atoms with Crippen LogP contribution in [0.2, 0.25) is 0 Å². The SMILES string of the molecule is O=C([O-])c1cc(=O)c2ccc(OCCOc3ccccc3)cc2o1.[Na+]. The van der Waals surface area contributed by atoms with E-state index in [1.54, 1.807) is 6.07 Å². The summed E-state index contributed by atoms with van der Waals surface area (Å²) in [6, 6.07) is 14.8. The fourth-order valence-electron chi connectivity index (χ4n) is 2.16. The third-order valence-corrected chi connectivity index (χ3v) is 3.27. The van der Waals surface area contributed by atoms with E-state index in [1.807, 2.05) is 30.3 Å². The quantitative estimate of drug-likeness (QED) is 0.403. The first kappa shape index (κ1) is 19.1. The summed E-state index contributed by atoms with van der Waals surface area (Å²) in [5.41, 5.74) is -0.322. The number of para-hydroxylation sites is 1. The standard InChI is InChI=1S/C18H14O6.Na/c19-15-11-17(18(20)21)24-16-10-13(6-7-14(15)16)23-9-8-22-12-4-2-1-3-5-12;/h1-7,10-11H,8-9H2,(H,20,21);/q;+1/p-1. The Bertz CT molecular complexity index is 920. The van der Waals surface area contributed by atoms with Gasteiger partial charge >= 0.3 is 29.6 Å². The summed E-state index contributed by atoms with van der Waals surface area (Å²) in [6.45, 7) is 0.621. The normalized spacial score (nSPS) is 10.1. The number of carboxylic acid groups (broad SMARTS) is 1. The molecule has 0 bridgehead atoms. The van der Waals surface area contributed by atoms with Crippen molar-refractivity contribution in [3.8, 4) is 11.5 Å². The van der Waals surface area contributed by atoms with Gasteiger partial charge in [-0.2, -0.15) is 0 Å². The minimum atomic E-state index is -1.54. The van der Waals surface area contributed by atoms with Crippen molar-refractivity contribution in [3.63, 3.8) is 0 Å². The molecule has 2 aromatic carbocycles. The van der Waals surface area contributed by atoms with Crippen LogP contribution in [0.15, 0.2) is 63.8 Å². The molecule has 0 aliphatic rings. The second-order valence-corrected chi connectivity index (χ2v) is 4.93. The molecular formula is C18H13NaO6. The zero-order valence-corrected chi connectivity index (χ0v) is 15.6. The van der Waals surface area contributed by atoms with E-state index in [2.05, 4.69) is 0 Å². The number of hydrogen-bond donors (Lipinski definition) is 0. The summed E-state index contributed by atoms with van der Waals surface area (Å²) in [5.74, 6) is -0.879. The maximum Gasteiger partial charge on any atom is 1.00 e. The predicted molar refractivity (Wildman–Crippen MR) is 84.2 cm³/mol. The first-order chi connectivity index (χ1) is 11.6. The second-order valence-electron chi connectivity index (χ2n) is 4.93. The van der Waals surface area contributed by atoms with Crippen LogP contribution in [0.25, 0.3) is 11.0 Å². The summed E-state index contributed by atoms with van der Waals surface area (Å²) in [7, 11) is 0. The number of benzene rings is 2. The molecule has 0 aliphatic heterocycles. The van der Waals surface area contributed by atoms with E-state index in [-0.39, 0.29) is 47.1 Å². The van der Waals surface area contributed by atoms with Gasteiger partial charge in [-0.15, -0.1) is 0 Å². The Morgan fingerprint density at radius 2 is 1.64 bits per heavy atom. The Labute approximate surface area is 165 Å². The molecule has 7 heteroatoms. The van der Waals surface area contributed by atoms with Crippen LogP contribution in [0, 0.1) is 0 Å². The van der Waals surface area contributed by atoms with Gasteiger partial charge in [0, 0.05) is 12.1 Å². The van der Waals surface area contributed by atoms with Gasteiger partial charge in [0.15, 0.2) is 11.2 Å². The number of aromatic carboxylic acids is 1. The van der Waals surface area contributed by atoms with E-state index in [9.17, 15) is 14.7 Å². The van der Waals surface area contributed by atoms with E-state index < -0.39 is 17.2 Å². The smallest absolute Gasteiger partial charge is 0.542 e. The number of ether oxygens (including phenoxy) is 2. The molecule has 0 spiro atoms. The van der Waals surface area contributed by atoms with Crippen LogP contribution in [0.5, 0.6) is 11.5 Å². The fraction of sp³-hybridized carbons (Fsp3) is 0.111. The van der Waals surface area contributed by atoms with Gasteiger partial charge in [0.25, 0.3) is 0 Å². The van der Waals surface area contributed by atoms with Crippen LogP contribution in [-0.2, 0) is 0 Å². The van der Waals surface area contributed by atoms with Gasteiger partial charge in [-0.05, 0) is 24.3 Å². The fourth-order valence-corrected chi connectivity index (χ4v) is 2.16. The van der Waals surface area contributed by atoms with Crippen molar-refractivity contribution in [2.24, 2.45) is 0 Å². The molecule has 0 amide bonds. The largest absolute Gasteiger partial charge is 1.00 e. The molecular weight excluding hydrogens is 335 g/mol. The molecule has 1 aromatic heterocycles. The molecule has 0 fully saturated rings. The number of carbonyl (C=O) groups excluding carboxylic acids is 1. The van der Waals surface area contributed by atoms with Gasteiger partial charge in [0.05, 0.1) is 5.39 Å². The molecule has 0 saturated carbocycles. The molecule has 0 atom stereocenters. The third kappa shape index (κ3) is 4.85. The Hall–Kier alpha value is -2.28. The van der Waals surface area contributed by atoms with Gasteiger partial charge in [0.2, 0.25) is 0 Å². The number of carbonyl (C=O) groups is 1.